The van der Waals surface area contributed by atoms with E-state index in [0.29, 0.717) is 0 Å². The molecule has 0 atom stereocenters. The van der Waals surface area contributed by atoms with E-state index in [4.69, 9.17) is 10.00 Å². The second-order valence-corrected chi connectivity index (χ2v) is 7.09. The largest absolute Gasteiger partial charge is 0.460 e. The van der Waals surface area contributed by atoms with Crippen molar-refractivity contribution in [2.45, 2.75) is 17.7 Å². The number of hydrogen-bond donors (Lipinski definition) is 1. The lowest BCUT2D eigenvalue weighted by molar-refractivity contribution is -0.143. The van der Waals surface area contributed by atoms with Crippen molar-refractivity contribution in [3.05, 3.63) is 65.2 Å². The molecule has 1 N–H and O–H groups in total. The normalized spacial score (nSPS) is 11.6. The zero-order valence-electron chi connectivity index (χ0n) is 13.7. The van der Waals surface area contributed by atoms with Gasteiger partial charge in [-0.2, -0.15) is 23.2 Å². The minimum Gasteiger partial charge on any atom is -0.460 e. The lowest BCUT2D eigenvalue weighted by atomic mass is 10.1. The summed E-state index contributed by atoms with van der Waals surface area (Å²) in [5.41, 5.74) is -0.486. The number of rotatable bonds is 6. The smallest absolute Gasteiger partial charge is 0.416 e. The molecule has 0 bridgehead atoms. The van der Waals surface area contributed by atoms with E-state index >= 15 is 0 Å². The van der Waals surface area contributed by atoms with Crippen LogP contribution < -0.4 is 4.72 Å². The molecule has 2 aromatic rings. The number of sulfonamides is 1. The molecule has 0 amide bonds. The summed E-state index contributed by atoms with van der Waals surface area (Å²) in [6.45, 7) is -1.12. The minimum atomic E-state index is -4.52. The molecular formula is C17H13F3N2O4S. The third kappa shape index (κ3) is 5.80. The maximum atomic E-state index is 12.6. The Kier molecular flexibility index (Phi) is 6.20. The fourth-order valence-corrected chi connectivity index (χ4v) is 2.97. The topological polar surface area (TPSA) is 96.3 Å². The van der Waals surface area contributed by atoms with E-state index in [-0.39, 0.29) is 16.0 Å². The molecule has 142 valence electrons. The number of ether oxygens (including phenoxy) is 1. The van der Waals surface area contributed by atoms with Gasteiger partial charge in [0.05, 0.1) is 22.1 Å². The van der Waals surface area contributed by atoms with E-state index in [1.54, 1.807) is 0 Å². The number of nitrogens with zero attached hydrogens (tertiary/aromatic N) is 1. The molecule has 0 aliphatic carbocycles. The van der Waals surface area contributed by atoms with E-state index in [1.165, 1.54) is 36.4 Å². The van der Waals surface area contributed by atoms with Crippen LogP contribution in [0.4, 0.5) is 13.2 Å². The van der Waals surface area contributed by atoms with Crippen LogP contribution in [0.2, 0.25) is 0 Å². The number of carbonyl (C=O) groups excluding carboxylic acids is 1. The Hall–Kier alpha value is -2.90. The van der Waals surface area contributed by atoms with E-state index in [1.807, 2.05) is 10.8 Å². The highest BCUT2D eigenvalue weighted by Crippen LogP contribution is 2.29. The van der Waals surface area contributed by atoms with Gasteiger partial charge in [0, 0.05) is 0 Å². The molecule has 0 aromatic heterocycles. The fraction of sp³-hybridized carbons (Fsp3) is 0.176. The van der Waals surface area contributed by atoms with Crippen LogP contribution in [0.15, 0.2) is 53.4 Å². The van der Waals surface area contributed by atoms with E-state index in [9.17, 15) is 26.4 Å². The number of carbonyl (C=O) groups is 1. The van der Waals surface area contributed by atoms with Gasteiger partial charge in [0.25, 0.3) is 0 Å². The highest BCUT2D eigenvalue weighted by atomic mass is 32.2. The van der Waals surface area contributed by atoms with Gasteiger partial charge in [-0.3, -0.25) is 4.79 Å². The molecule has 2 aromatic carbocycles. The summed E-state index contributed by atoms with van der Waals surface area (Å²) in [5.74, 6) is -0.954. The standard InChI is InChI=1S/C17H13F3N2O4S/c18-17(19,20)14-3-1-2-13(8-14)11-26-16(23)10-22-27(24,25)15-6-4-12(9-21)5-7-15/h1-8,22H,10-11H2. The molecule has 10 heteroatoms. The second-order valence-electron chi connectivity index (χ2n) is 5.32. The Labute approximate surface area is 153 Å². The summed E-state index contributed by atoms with van der Waals surface area (Å²) in [6.07, 6.45) is -4.52. The number of hydrogen-bond acceptors (Lipinski definition) is 5. The van der Waals surface area contributed by atoms with Crippen LogP contribution in [-0.2, 0) is 32.3 Å². The van der Waals surface area contributed by atoms with Gasteiger partial charge < -0.3 is 4.74 Å². The fourth-order valence-electron chi connectivity index (χ4n) is 2.00. The van der Waals surface area contributed by atoms with Crippen molar-refractivity contribution in [2.75, 3.05) is 6.54 Å². The zero-order chi connectivity index (χ0) is 20.1. The lowest BCUT2D eigenvalue weighted by Crippen LogP contribution is -2.30. The maximum Gasteiger partial charge on any atom is 0.416 e. The highest BCUT2D eigenvalue weighted by molar-refractivity contribution is 7.89. The van der Waals surface area contributed by atoms with Crippen molar-refractivity contribution in [3.63, 3.8) is 0 Å². The van der Waals surface area contributed by atoms with Crippen LogP contribution in [0.3, 0.4) is 0 Å². The SMILES string of the molecule is N#Cc1ccc(S(=O)(=O)NCC(=O)OCc2cccc(C(F)(F)F)c2)cc1. The van der Waals surface area contributed by atoms with Gasteiger partial charge in [-0.1, -0.05) is 12.1 Å². The summed E-state index contributed by atoms with van der Waals surface area (Å²) in [5, 5.41) is 8.68. The predicted octanol–water partition coefficient (Wildman–Crippen LogP) is 2.60. The first-order valence-corrected chi connectivity index (χ1v) is 8.92. The van der Waals surface area contributed by atoms with Gasteiger partial charge in [0.15, 0.2) is 0 Å². The molecule has 0 saturated carbocycles. The molecule has 0 aliphatic heterocycles. The summed E-state index contributed by atoms with van der Waals surface area (Å²) >= 11 is 0. The van der Waals surface area contributed by atoms with Gasteiger partial charge in [-0.25, -0.2) is 8.42 Å². The van der Waals surface area contributed by atoms with Gasteiger partial charge >= 0.3 is 12.1 Å². The second kappa shape index (κ2) is 8.20. The van der Waals surface area contributed by atoms with Crippen molar-refractivity contribution in [1.29, 1.82) is 5.26 Å². The molecule has 27 heavy (non-hydrogen) atoms. The first kappa shape index (κ1) is 20.4. The van der Waals surface area contributed by atoms with Crippen LogP contribution in [-0.4, -0.2) is 20.9 Å². The van der Waals surface area contributed by atoms with E-state index in [2.05, 4.69) is 0 Å². The summed E-state index contributed by atoms with van der Waals surface area (Å²) in [7, 11) is -4.00. The summed E-state index contributed by atoms with van der Waals surface area (Å²) in [4.78, 5) is 11.5. The van der Waals surface area contributed by atoms with Crippen LogP contribution in [0.25, 0.3) is 0 Å². The van der Waals surface area contributed by atoms with Gasteiger partial charge in [0.2, 0.25) is 10.0 Å². The number of alkyl halides is 3. The first-order valence-electron chi connectivity index (χ1n) is 7.43. The molecule has 2 rings (SSSR count). The molecule has 0 heterocycles. The monoisotopic (exact) mass is 398 g/mol. The van der Waals surface area contributed by atoms with Crippen LogP contribution >= 0.6 is 0 Å². The average Bonchev–Trinajstić information content (AvgIpc) is 2.64. The number of nitrogens with one attached hydrogen (secondary N) is 1. The quantitative estimate of drug-likeness (QED) is 0.755. The van der Waals surface area contributed by atoms with Crippen LogP contribution in [0.5, 0.6) is 0 Å². The molecule has 0 radical (unpaired) electrons. The lowest BCUT2D eigenvalue weighted by Gasteiger charge is -2.10. The van der Waals surface area contributed by atoms with Crippen LogP contribution in [0, 0.1) is 11.3 Å². The molecule has 0 spiro atoms. The Balaban J connectivity index is 1.91. The third-order valence-electron chi connectivity index (χ3n) is 3.35. The third-order valence-corrected chi connectivity index (χ3v) is 4.77. The molecular weight excluding hydrogens is 385 g/mol. The Morgan fingerprint density at radius 1 is 1.15 bits per heavy atom. The van der Waals surface area contributed by atoms with Crippen molar-refractivity contribution in [3.8, 4) is 6.07 Å². The Morgan fingerprint density at radius 3 is 2.41 bits per heavy atom. The Morgan fingerprint density at radius 2 is 1.81 bits per heavy atom. The minimum absolute atomic E-state index is 0.119. The van der Waals surface area contributed by atoms with Crippen molar-refractivity contribution >= 4 is 16.0 Å². The van der Waals surface area contributed by atoms with E-state index in [0.717, 1.165) is 12.1 Å². The van der Waals surface area contributed by atoms with Crippen molar-refractivity contribution in [2.24, 2.45) is 0 Å². The van der Waals surface area contributed by atoms with Crippen molar-refractivity contribution < 1.29 is 31.1 Å². The summed E-state index contributed by atoms with van der Waals surface area (Å²) < 4.78 is 68.8. The molecule has 0 unspecified atom stereocenters. The van der Waals surface area contributed by atoms with Crippen molar-refractivity contribution in [1.82, 2.24) is 4.72 Å². The highest BCUT2D eigenvalue weighted by Gasteiger charge is 2.30. The molecule has 0 aliphatic rings. The van der Waals surface area contributed by atoms with Crippen LogP contribution in [0.1, 0.15) is 16.7 Å². The average molecular weight is 398 g/mol. The number of esters is 1. The maximum absolute atomic E-state index is 12.6. The van der Waals surface area contributed by atoms with Gasteiger partial charge in [-0.15, -0.1) is 0 Å². The zero-order valence-corrected chi connectivity index (χ0v) is 14.5. The Bertz CT molecular complexity index is 965. The first-order chi connectivity index (χ1) is 12.6. The van der Waals surface area contributed by atoms with Gasteiger partial charge in [-0.05, 0) is 42.0 Å². The molecule has 6 nitrogen and oxygen atoms in total. The molecule has 0 saturated heterocycles. The summed E-state index contributed by atoms with van der Waals surface area (Å²) in [6, 6.07) is 11.1. The predicted molar refractivity (Wildman–Crippen MR) is 87.6 cm³/mol. The number of benzene rings is 2. The number of nitriles is 1. The molecule has 0 fully saturated rings. The number of halogens is 3. The van der Waals surface area contributed by atoms with Gasteiger partial charge in [0.1, 0.15) is 13.2 Å². The van der Waals surface area contributed by atoms with E-state index < -0.39 is 40.9 Å².